The van der Waals surface area contributed by atoms with Gasteiger partial charge in [0.1, 0.15) is 0 Å². The van der Waals surface area contributed by atoms with Crippen LogP contribution in [0.15, 0.2) is 78.9 Å². The van der Waals surface area contributed by atoms with Gasteiger partial charge in [-0.2, -0.15) is 0 Å². The summed E-state index contributed by atoms with van der Waals surface area (Å²) in [6.45, 7) is 2.91. The van der Waals surface area contributed by atoms with Crippen molar-refractivity contribution in [1.82, 2.24) is 10.2 Å². The molecule has 170 valence electrons. The Kier molecular flexibility index (Phi) is 8.18. The highest BCUT2D eigenvalue weighted by Crippen LogP contribution is 2.15. The minimum absolute atomic E-state index is 0.0188. The van der Waals surface area contributed by atoms with E-state index in [0.717, 1.165) is 5.56 Å². The summed E-state index contributed by atoms with van der Waals surface area (Å²) in [5.74, 6) is -0.555. The summed E-state index contributed by atoms with van der Waals surface area (Å²) >= 11 is 0. The largest absolute Gasteiger partial charge is 0.376 e. The Balaban J connectivity index is 1.56. The quantitative estimate of drug-likeness (QED) is 0.469. The summed E-state index contributed by atoms with van der Waals surface area (Å²) in [5, 5.41) is 8.57. The van der Waals surface area contributed by atoms with Gasteiger partial charge in [-0.3, -0.25) is 14.4 Å². The van der Waals surface area contributed by atoms with Gasteiger partial charge < -0.3 is 20.9 Å². The van der Waals surface area contributed by atoms with Crippen LogP contribution < -0.4 is 16.0 Å². The van der Waals surface area contributed by atoms with Gasteiger partial charge in [-0.15, -0.1) is 0 Å². The zero-order valence-corrected chi connectivity index (χ0v) is 18.8. The molecule has 0 aliphatic heterocycles. The van der Waals surface area contributed by atoms with Gasteiger partial charge in [-0.25, -0.2) is 0 Å². The second-order valence-electron chi connectivity index (χ2n) is 7.57. The van der Waals surface area contributed by atoms with Crippen LogP contribution in [0.4, 0.5) is 11.4 Å². The minimum Gasteiger partial charge on any atom is -0.376 e. The molecule has 0 unspecified atom stereocenters. The minimum atomic E-state index is -0.263. The molecule has 7 heteroatoms. The highest BCUT2D eigenvalue weighted by Gasteiger charge is 2.13. The van der Waals surface area contributed by atoms with Crippen molar-refractivity contribution in [2.24, 2.45) is 0 Å². The van der Waals surface area contributed by atoms with Crippen molar-refractivity contribution in [3.8, 4) is 0 Å². The Morgan fingerprint density at radius 3 is 2.21 bits per heavy atom. The molecule has 3 N–H and O–H groups in total. The van der Waals surface area contributed by atoms with Gasteiger partial charge in [0.25, 0.3) is 11.8 Å². The molecule has 7 nitrogen and oxygen atoms in total. The van der Waals surface area contributed by atoms with Crippen LogP contribution in [0.25, 0.3) is 0 Å². The number of benzene rings is 3. The molecule has 3 aromatic rings. The van der Waals surface area contributed by atoms with Crippen LogP contribution in [0, 0.1) is 0 Å². The van der Waals surface area contributed by atoms with Crippen molar-refractivity contribution in [1.29, 1.82) is 0 Å². The highest BCUT2D eigenvalue weighted by atomic mass is 16.2. The number of nitrogens with one attached hydrogen (secondary N) is 3. The van der Waals surface area contributed by atoms with Gasteiger partial charge in [-0.1, -0.05) is 42.5 Å². The molecule has 0 aliphatic rings. The predicted octanol–water partition coefficient (Wildman–Crippen LogP) is 3.76. The molecule has 3 amide bonds. The third-order valence-corrected chi connectivity index (χ3v) is 4.92. The topological polar surface area (TPSA) is 90.5 Å². The first-order valence-electron chi connectivity index (χ1n) is 10.8. The Morgan fingerprint density at radius 2 is 1.48 bits per heavy atom. The normalized spacial score (nSPS) is 10.2. The van der Waals surface area contributed by atoms with Gasteiger partial charge in [0, 0.05) is 42.6 Å². The average molecular weight is 445 g/mol. The predicted molar refractivity (Wildman–Crippen MR) is 130 cm³/mol. The monoisotopic (exact) mass is 444 g/mol. The number of rotatable bonds is 9. The molecule has 0 saturated heterocycles. The Hall–Kier alpha value is -4.13. The first kappa shape index (κ1) is 23.5. The maximum absolute atomic E-state index is 12.8. The van der Waals surface area contributed by atoms with Gasteiger partial charge in [-0.05, 0) is 48.9 Å². The average Bonchev–Trinajstić information content (AvgIpc) is 2.83. The van der Waals surface area contributed by atoms with E-state index in [1.54, 1.807) is 60.5 Å². The second-order valence-corrected chi connectivity index (χ2v) is 7.57. The van der Waals surface area contributed by atoms with Crippen LogP contribution in [0.1, 0.15) is 33.2 Å². The van der Waals surface area contributed by atoms with E-state index in [2.05, 4.69) is 16.0 Å². The van der Waals surface area contributed by atoms with Crippen LogP contribution >= 0.6 is 0 Å². The molecule has 33 heavy (non-hydrogen) atoms. The second kappa shape index (κ2) is 11.5. The van der Waals surface area contributed by atoms with Gasteiger partial charge in [0.2, 0.25) is 5.91 Å². The maximum atomic E-state index is 12.8. The van der Waals surface area contributed by atoms with E-state index >= 15 is 0 Å². The zero-order valence-electron chi connectivity index (χ0n) is 18.8. The zero-order chi connectivity index (χ0) is 23.6. The first-order valence-corrected chi connectivity index (χ1v) is 10.8. The van der Waals surface area contributed by atoms with Crippen molar-refractivity contribution in [2.75, 3.05) is 30.8 Å². The number of anilines is 2. The maximum Gasteiger partial charge on any atom is 0.253 e. The molecule has 3 rings (SSSR count). The first-order chi connectivity index (χ1) is 16.0. The van der Waals surface area contributed by atoms with Crippen LogP contribution in [-0.4, -0.2) is 42.8 Å². The molecule has 0 saturated carbocycles. The van der Waals surface area contributed by atoms with E-state index in [-0.39, 0.29) is 24.3 Å². The number of hydrogen-bond donors (Lipinski definition) is 3. The summed E-state index contributed by atoms with van der Waals surface area (Å²) in [7, 11) is 1.75. The lowest BCUT2D eigenvalue weighted by Gasteiger charge is -2.18. The molecule has 0 atom stereocenters. The molecule has 0 heterocycles. The highest BCUT2D eigenvalue weighted by molar-refractivity contribution is 5.98. The van der Waals surface area contributed by atoms with Crippen molar-refractivity contribution in [3.05, 3.63) is 95.6 Å². The number of nitrogens with zero attached hydrogens (tertiary/aromatic N) is 1. The van der Waals surface area contributed by atoms with Crippen molar-refractivity contribution < 1.29 is 14.4 Å². The van der Waals surface area contributed by atoms with Crippen molar-refractivity contribution in [3.63, 3.8) is 0 Å². The fourth-order valence-corrected chi connectivity index (χ4v) is 3.30. The van der Waals surface area contributed by atoms with Crippen LogP contribution in [0.2, 0.25) is 0 Å². The SMILES string of the molecule is CCNC(=O)c1cccc(NCC(=O)Nc2cccc(C(=O)N(C)Cc3ccccc3)c2)c1. The van der Waals surface area contributed by atoms with E-state index in [1.807, 2.05) is 37.3 Å². The third kappa shape index (κ3) is 6.93. The fraction of sp³-hybridized carbons (Fsp3) is 0.192. The van der Waals surface area contributed by atoms with E-state index < -0.39 is 0 Å². The molecule has 0 spiro atoms. The molecule has 0 radical (unpaired) electrons. The fourth-order valence-electron chi connectivity index (χ4n) is 3.30. The summed E-state index contributed by atoms with van der Waals surface area (Å²) in [6.07, 6.45) is 0. The number of hydrogen-bond acceptors (Lipinski definition) is 4. The summed E-state index contributed by atoms with van der Waals surface area (Å²) < 4.78 is 0. The molecule has 0 fully saturated rings. The van der Waals surface area contributed by atoms with E-state index in [0.29, 0.717) is 35.6 Å². The Bertz CT molecular complexity index is 1120. The Labute approximate surface area is 193 Å². The van der Waals surface area contributed by atoms with Crippen LogP contribution in [-0.2, 0) is 11.3 Å². The summed E-state index contributed by atoms with van der Waals surface area (Å²) in [6, 6.07) is 23.6. The number of carbonyl (C=O) groups is 3. The molecule has 3 aromatic carbocycles. The number of amides is 3. The standard InChI is InChI=1S/C26H28N4O3/c1-3-27-25(32)20-11-7-13-22(15-20)28-17-24(31)29-23-14-8-12-21(16-23)26(33)30(2)18-19-9-5-4-6-10-19/h4-16,28H,3,17-18H2,1-2H3,(H,27,32)(H,29,31). The molecule has 0 bridgehead atoms. The van der Waals surface area contributed by atoms with E-state index in [9.17, 15) is 14.4 Å². The lowest BCUT2D eigenvalue weighted by Crippen LogP contribution is -2.26. The summed E-state index contributed by atoms with van der Waals surface area (Å²) in [5.41, 5.74) is 3.26. The smallest absolute Gasteiger partial charge is 0.253 e. The number of carbonyl (C=O) groups excluding carboxylic acids is 3. The van der Waals surface area contributed by atoms with Crippen molar-refractivity contribution >= 4 is 29.1 Å². The van der Waals surface area contributed by atoms with E-state index in [4.69, 9.17) is 0 Å². The molecular formula is C26H28N4O3. The molecule has 0 aliphatic carbocycles. The lowest BCUT2D eigenvalue weighted by atomic mass is 10.1. The van der Waals surface area contributed by atoms with Gasteiger partial charge in [0.15, 0.2) is 0 Å². The van der Waals surface area contributed by atoms with Crippen molar-refractivity contribution in [2.45, 2.75) is 13.5 Å². The van der Waals surface area contributed by atoms with Crippen LogP contribution in [0.5, 0.6) is 0 Å². The Morgan fingerprint density at radius 1 is 0.818 bits per heavy atom. The van der Waals surface area contributed by atoms with E-state index in [1.165, 1.54) is 0 Å². The summed E-state index contributed by atoms with van der Waals surface area (Å²) in [4.78, 5) is 38.8. The van der Waals surface area contributed by atoms with Gasteiger partial charge >= 0.3 is 0 Å². The molecular weight excluding hydrogens is 416 g/mol. The lowest BCUT2D eigenvalue weighted by molar-refractivity contribution is -0.114. The van der Waals surface area contributed by atoms with Gasteiger partial charge in [0.05, 0.1) is 6.54 Å². The third-order valence-electron chi connectivity index (χ3n) is 4.92. The van der Waals surface area contributed by atoms with Crippen LogP contribution in [0.3, 0.4) is 0 Å². The molecule has 0 aromatic heterocycles.